The van der Waals surface area contributed by atoms with Crippen LogP contribution in [0.2, 0.25) is 0 Å². The van der Waals surface area contributed by atoms with Gasteiger partial charge in [0.15, 0.2) is 0 Å². The second-order valence-corrected chi connectivity index (χ2v) is 4.78. The molecule has 0 radical (unpaired) electrons. The van der Waals surface area contributed by atoms with Crippen LogP contribution in [0.1, 0.15) is 35.4 Å². The number of nitrogens with two attached hydrogens (primary N) is 1. The zero-order chi connectivity index (χ0) is 12.3. The molecule has 1 aromatic rings. The number of rotatable bonds is 3. The molecule has 1 aliphatic rings. The maximum absolute atomic E-state index is 12.2. The molecule has 0 aliphatic carbocycles. The van der Waals surface area contributed by atoms with Gasteiger partial charge in [-0.2, -0.15) is 0 Å². The van der Waals surface area contributed by atoms with Crippen molar-refractivity contribution in [2.24, 2.45) is 11.7 Å². The molecule has 0 aromatic carbocycles. The Labute approximate surface area is 102 Å². The highest BCUT2D eigenvalue weighted by atomic mass is 16.3. The van der Waals surface area contributed by atoms with E-state index in [4.69, 9.17) is 10.2 Å². The van der Waals surface area contributed by atoms with Crippen molar-refractivity contribution in [1.29, 1.82) is 0 Å². The predicted octanol–water partition coefficient (Wildman–Crippen LogP) is 1.79. The van der Waals surface area contributed by atoms with Gasteiger partial charge in [-0.25, -0.2) is 0 Å². The Morgan fingerprint density at radius 1 is 1.65 bits per heavy atom. The zero-order valence-corrected chi connectivity index (χ0v) is 10.3. The molecule has 4 nitrogen and oxygen atoms in total. The van der Waals surface area contributed by atoms with Crippen LogP contribution in [-0.4, -0.2) is 30.4 Å². The predicted molar refractivity (Wildman–Crippen MR) is 65.7 cm³/mol. The van der Waals surface area contributed by atoms with E-state index in [1.54, 1.807) is 12.3 Å². The molecule has 94 valence electrons. The van der Waals surface area contributed by atoms with Crippen LogP contribution in [0.4, 0.5) is 0 Å². The van der Waals surface area contributed by atoms with Crippen LogP contribution in [0.3, 0.4) is 0 Å². The fourth-order valence-electron chi connectivity index (χ4n) is 2.46. The largest absolute Gasteiger partial charge is 0.469 e. The quantitative estimate of drug-likeness (QED) is 0.870. The average Bonchev–Trinajstić information content (AvgIpc) is 2.76. The lowest BCUT2D eigenvalue weighted by Crippen LogP contribution is -2.40. The van der Waals surface area contributed by atoms with Crippen molar-refractivity contribution >= 4 is 5.91 Å². The number of carbonyl (C=O) groups is 1. The summed E-state index contributed by atoms with van der Waals surface area (Å²) >= 11 is 0. The van der Waals surface area contributed by atoms with E-state index in [0.717, 1.165) is 31.7 Å². The fourth-order valence-corrected chi connectivity index (χ4v) is 2.46. The molecule has 17 heavy (non-hydrogen) atoms. The van der Waals surface area contributed by atoms with Crippen LogP contribution in [0.5, 0.6) is 0 Å². The Morgan fingerprint density at radius 2 is 2.47 bits per heavy atom. The van der Waals surface area contributed by atoms with E-state index >= 15 is 0 Å². The minimum Gasteiger partial charge on any atom is -0.469 e. The van der Waals surface area contributed by atoms with Gasteiger partial charge in [-0.3, -0.25) is 4.79 Å². The summed E-state index contributed by atoms with van der Waals surface area (Å²) in [4.78, 5) is 14.1. The standard InChI is InChI=1S/C13H20N2O2/c1-10-7-12(9-17-10)13(16)15-6-2-3-11(8-15)4-5-14/h7,9,11H,2-6,8,14H2,1H3. The fraction of sp³-hybridized carbons (Fsp3) is 0.615. The third kappa shape index (κ3) is 2.88. The molecule has 0 spiro atoms. The van der Waals surface area contributed by atoms with Gasteiger partial charge in [0.25, 0.3) is 5.91 Å². The smallest absolute Gasteiger partial charge is 0.257 e. The number of hydrogen-bond donors (Lipinski definition) is 1. The normalized spacial score (nSPS) is 20.6. The van der Waals surface area contributed by atoms with E-state index in [2.05, 4.69) is 0 Å². The molecule has 0 bridgehead atoms. The lowest BCUT2D eigenvalue weighted by atomic mass is 9.94. The van der Waals surface area contributed by atoms with Crippen molar-refractivity contribution in [3.8, 4) is 0 Å². The molecule has 2 rings (SSSR count). The summed E-state index contributed by atoms with van der Waals surface area (Å²) in [6.07, 6.45) is 4.82. The van der Waals surface area contributed by atoms with Gasteiger partial charge in [-0.05, 0) is 44.7 Å². The first-order chi connectivity index (χ1) is 8.20. The van der Waals surface area contributed by atoms with Crippen molar-refractivity contribution in [2.75, 3.05) is 19.6 Å². The minimum absolute atomic E-state index is 0.0866. The molecule has 1 saturated heterocycles. The summed E-state index contributed by atoms with van der Waals surface area (Å²) in [5.74, 6) is 1.43. The molecular formula is C13H20N2O2. The first kappa shape index (κ1) is 12.2. The van der Waals surface area contributed by atoms with Crippen molar-refractivity contribution in [2.45, 2.75) is 26.2 Å². The Balaban J connectivity index is 1.99. The summed E-state index contributed by atoms with van der Waals surface area (Å²) in [7, 11) is 0. The number of aryl methyl sites for hydroxylation is 1. The molecule has 1 unspecified atom stereocenters. The number of hydrogen-bond acceptors (Lipinski definition) is 3. The van der Waals surface area contributed by atoms with Crippen LogP contribution in [-0.2, 0) is 0 Å². The summed E-state index contributed by atoms with van der Waals surface area (Å²) in [6, 6.07) is 1.80. The molecule has 2 heterocycles. The van der Waals surface area contributed by atoms with E-state index < -0.39 is 0 Å². The average molecular weight is 236 g/mol. The molecule has 1 amide bonds. The van der Waals surface area contributed by atoms with Crippen molar-refractivity contribution in [1.82, 2.24) is 4.90 Å². The monoisotopic (exact) mass is 236 g/mol. The third-order valence-electron chi connectivity index (χ3n) is 3.36. The van der Waals surface area contributed by atoms with E-state index in [9.17, 15) is 4.79 Å². The molecule has 1 fully saturated rings. The topological polar surface area (TPSA) is 59.5 Å². The van der Waals surface area contributed by atoms with Gasteiger partial charge >= 0.3 is 0 Å². The second-order valence-electron chi connectivity index (χ2n) is 4.78. The molecule has 2 N–H and O–H groups in total. The Hall–Kier alpha value is -1.29. The van der Waals surface area contributed by atoms with Gasteiger partial charge < -0.3 is 15.1 Å². The van der Waals surface area contributed by atoms with Crippen LogP contribution in [0, 0.1) is 12.8 Å². The van der Waals surface area contributed by atoms with E-state index in [-0.39, 0.29) is 5.91 Å². The maximum Gasteiger partial charge on any atom is 0.257 e. The van der Waals surface area contributed by atoms with Gasteiger partial charge in [0.1, 0.15) is 12.0 Å². The summed E-state index contributed by atoms with van der Waals surface area (Å²) < 4.78 is 5.18. The molecule has 1 aromatic heterocycles. The van der Waals surface area contributed by atoms with Crippen LogP contribution in [0.25, 0.3) is 0 Å². The highest BCUT2D eigenvalue weighted by Crippen LogP contribution is 2.21. The van der Waals surface area contributed by atoms with Crippen LogP contribution >= 0.6 is 0 Å². The Bertz CT molecular complexity index is 385. The Kier molecular flexibility index (Phi) is 3.84. The zero-order valence-electron chi connectivity index (χ0n) is 10.3. The summed E-state index contributed by atoms with van der Waals surface area (Å²) in [6.45, 7) is 4.24. The van der Waals surface area contributed by atoms with E-state index in [1.165, 1.54) is 6.42 Å². The number of furan rings is 1. The summed E-state index contributed by atoms with van der Waals surface area (Å²) in [5.41, 5.74) is 6.24. The van der Waals surface area contributed by atoms with Gasteiger partial charge in [0.05, 0.1) is 5.56 Å². The van der Waals surface area contributed by atoms with Crippen LogP contribution < -0.4 is 5.73 Å². The summed E-state index contributed by atoms with van der Waals surface area (Å²) in [5, 5.41) is 0. The number of nitrogens with zero attached hydrogens (tertiary/aromatic N) is 1. The molecule has 1 atom stereocenters. The SMILES string of the molecule is Cc1cc(C(=O)N2CCCC(CCN)C2)co1. The number of carbonyl (C=O) groups excluding carboxylic acids is 1. The molecule has 1 aliphatic heterocycles. The second kappa shape index (κ2) is 5.36. The molecular weight excluding hydrogens is 216 g/mol. The van der Waals surface area contributed by atoms with Crippen molar-refractivity contribution in [3.05, 3.63) is 23.7 Å². The van der Waals surface area contributed by atoms with E-state index in [0.29, 0.717) is 18.0 Å². The van der Waals surface area contributed by atoms with Gasteiger partial charge in [-0.1, -0.05) is 0 Å². The van der Waals surface area contributed by atoms with Crippen molar-refractivity contribution in [3.63, 3.8) is 0 Å². The lowest BCUT2D eigenvalue weighted by Gasteiger charge is -2.32. The number of piperidine rings is 1. The van der Waals surface area contributed by atoms with Gasteiger partial charge in [0.2, 0.25) is 0 Å². The maximum atomic E-state index is 12.2. The molecule has 0 saturated carbocycles. The van der Waals surface area contributed by atoms with E-state index in [1.807, 2.05) is 11.8 Å². The van der Waals surface area contributed by atoms with Gasteiger partial charge in [0, 0.05) is 13.1 Å². The Morgan fingerprint density at radius 3 is 3.12 bits per heavy atom. The highest BCUT2D eigenvalue weighted by molar-refractivity contribution is 5.94. The van der Waals surface area contributed by atoms with Gasteiger partial charge in [-0.15, -0.1) is 0 Å². The number of amides is 1. The first-order valence-corrected chi connectivity index (χ1v) is 6.25. The van der Waals surface area contributed by atoms with Crippen LogP contribution in [0.15, 0.2) is 16.7 Å². The number of likely N-dealkylation sites (tertiary alicyclic amines) is 1. The van der Waals surface area contributed by atoms with Crippen molar-refractivity contribution < 1.29 is 9.21 Å². The molecule has 4 heteroatoms. The first-order valence-electron chi connectivity index (χ1n) is 6.25. The third-order valence-corrected chi connectivity index (χ3v) is 3.36. The highest BCUT2D eigenvalue weighted by Gasteiger charge is 2.24. The minimum atomic E-state index is 0.0866. The lowest BCUT2D eigenvalue weighted by molar-refractivity contribution is 0.0669.